The average molecular weight is 296 g/mol. The molecule has 0 aliphatic heterocycles. The van der Waals surface area contributed by atoms with Crippen LogP contribution in [0.3, 0.4) is 0 Å². The molecular weight excluding hydrogens is 280 g/mol. The smallest absolute Gasteiger partial charge is 0.225 e. The Morgan fingerprint density at radius 2 is 1.52 bits per heavy atom. The first-order valence-electron chi connectivity index (χ1n) is 6.67. The molecule has 2 N–H and O–H groups in total. The third-order valence-electron chi connectivity index (χ3n) is 3.23. The van der Waals surface area contributed by atoms with Crippen molar-refractivity contribution in [3.05, 3.63) is 64.5 Å². The predicted molar refractivity (Wildman–Crippen MR) is 86.5 cm³/mol. The Labute approximate surface area is 127 Å². The predicted octanol–water partition coefficient (Wildman–Crippen LogP) is 3.77. The van der Waals surface area contributed by atoms with Crippen LogP contribution in [0.25, 0.3) is 5.69 Å². The second kappa shape index (κ2) is 5.54. The van der Waals surface area contributed by atoms with Gasteiger partial charge in [0.05, 0.1) is 5.69 Å². The summed E-state index contributed by atoms with van der Waals surface area (Å²) in [5.74, 6) is 0.665. The number of aromatic nitrogens is 2. The summed E-state index contributed by atoms with van der Waals surface area (Å²) in [4.78, 5) is 0.397. The maximum atomic E-state index is 8.06. The minimum absolute atomic E-state index is 0.397. The third kappa shape index (κ3) is 2.87. The summed E-state index contributed by atoms with van der Waals surface area (Å²) in [6, 6.07) is 16.2. The molecule has 2 aromatic carbocycles. The molecule has 0 unspecified atom stereocenters. The first-order valence-corrected chi connectivity index (χ1v) is 7.45. The van der Waals surface area contributed by atoms with E-state index in [1.165, 1.54) is 22.7 Å². The van der Waals surface area contributed by atoms with Gasteiger partial charge < -0.3 is 5.32 Å². The van der Waals surface area contributed by atoms with Crippen molar-refractivity contribution < 1.29 is 0 Å². The van der Waals surface area contributed by atoms with Crippen molar-refractivity contribution in [2.45, 2.75) is 13.8 Å². The highest BCUT2D eigenvalue weighted by molar-refractivity contribution is 7.03. The standard InChI is InChI=1S/C16H16N4S/c1-11-3-7-13(8-4-11)18-16-19-21-15(17)20(16)14-9-5-12(2)6-10-14/h3-10,17H,1-2H3,(H,18,19). The number of nitrogens with one attached hydrogen (secondary N) is 2. The molecule has 0 aliphatic rings. The molecule has 0 amide bonds. The first-order chi connectivity index (χ1) is 10.1. The molecule has 0 bridgehead atoms. The molecule has 0 aliphatic carbocycles. The maximum absolute atomic E-state index is 8.06. The number of anilines is 2. The summed E-state index contributed by atoms with van der Waals surface area (Å²) < 4.78 is 6.15. The van der Waals surface area contributed by atoms with Gasteiger partial charge in [-0.3, -0.25) is 9.98 Å². The number of nitrogens with zero attached hydrogens (tertiary/aromatic N) is 2. The van der Waals surface area contributed by atoms with Gasteiger partial charge in [-0.15, -0.1) is 0 Å². The molecule has 4 nitrogen and oxygen atoms in total. The van der Waals surface area contributed by atoms with Gasteiger partial charge in [-0.2, -0.15) is 4.37 Å². The van der Waals surface area contributed by atoms with E-state index in [2.05, 4.69) is 16.6 Å². The number of aryl methyl sites for hydroxylation is 2. The summed E-state index contributed by atoms with van der Waals surface area (Å²) in [6.45, 7) is 4.11. The quantitative estimate of drug-likeness (QED) is 0.773. The number of benzene rings is 2. The van der Waals surface area contributed by atoms with Gasteiger partial charge in [0.1, 0.15) is 0 Å². The van der Waals surface area contributed by atoms with E-state index in [0.717, 1.165) is 11.4 Å². The molecule has 0 fully saturated rings. The van der Waals surface area contributed by atoms with Crippen molar-refractivity contribution in [2.75, 3.05) is 5.32 Å². The second-order valence-electron chi connectivity index (χ2n) is 4.97. The highest BCUT2D eigenvalue weighted by Gasteiger charge is 2.09. The molecule has 106 valence electrons. The van der Waals surface area contributed by atoms with Gasteiger partial charge in [0, 0.05) is 17.2 Å². The van der Waals surface area contributed by atoms with Crippen molar-refractivity contribution in [1.29, 1.82) is 5.41 Å². The van der Waals surface area contributed by atoms with Crippen LogP contribution in [0.2, 0.25) is 0 Å². The molecule has 0 saturated carbocycles. The second-order valence-corrected chi connectivity index (χ2v) is 5.73. The van der Waals surface area contributed by atoms with Gasteiger partial charge in [0.15, 0.2) is 0 Å². The van der Waals surface area contributed by atoms with E-state index in [0.29, 0.717) is 10.7 Å². The van der Waals surface area contributed by atoms with Crippen molar-refractivity contribution in [3.63, 3.8) is 0 Å². The summed E-state index contributed by atoms with van der Waals surface area (Å²) in [5.41, 5.74) is 4.31. The van der Waals surface area contributed by atoms with Crippen molar-refractivity contribution in [2.24, 2.45) is 0 Å². The average Bonchev–Trinajstić information content (AvgIpc) is 2.83. The largest absolute Gasteiger partial charge is 0.325 e. The Balaban J connectivity index is 1.99. The molecule has 0 atom stereocenters. The van der Waals surface area contributed by atoms with E-state index in [1.807, 2.05) is 60.0 Å². The van der Waals surface area contributed by atoms with Crippen molar-refractivity contribution >= 4 is 23.2 Å². The summed E-state index contributed by atoms with van der Waals surface area (Å²) >= 11 is 1.17. The zero-order chi connectivity index (χ0) is 14.8. The Hall–Kier alpha value is -2.40. The summed E-state index contributed by atoms with van der Waals surface area (Å²) in [5, 5.41) is 11.3. The van der Waals surface area contributed by atoms with Crippen LogP contribution >= 0.6 is 11.5 Å². The van der Waals surface area contributed by atoms with E-state index in [1.54, 1.807) is 0 Å². The van der Waals surface area contributed by atoms with Crippen LogP contribution in [0, 0.1) is 19.3 Å². The van der Waals surface area contributed by atoms with E-state index in [9.17, 15) is 0 Å². The Morgan fingerprint density at radius 3 is 2.14 bits per heavy atom. The maximum Gasteiger partial charge on any atom is 0.225 e. The topological polar surface area (TPSA) is 53.7 Å². The first kappa shape index (κ1) is 13.6. The highest BCUT2D eigenvalue weighted by atomic mass is 32.1. The molecular formula is C16H16N4S. The van der Waals surface area contributed by atoms with Crippen molar-refractivity contribution in [3.8, 4) is 5.69 Å². The van der Waals surface area contributed by atoms with Crippen LogP contribution in [0.5, 0.6) is 0 Å². The molecule has 0 saturated heterocycles. The fourth-order valence-electron chi connectivity index (χ4n) is 2.04. The van der Waals surface area contributed by atoms with Crippen LogP contribution in [0.1, 0.15) is 11.1 Å². The van der Waals surface area contributed by atoms with E-state index < -0.39 is 0 Å². The van der Waals surface area contributed by atoms with Crippen LogP contribution < -0.4 is 10.1 Å². The SMILES string of the molecule is Cc1ccc(Nc2nsc(=N)n2-c2ccc(C)cc2)cc1. The molecule has 3 aromatic rings. The lowest BCUT2D eigenvalue weighted by Gasteiger charge is -2.09. The van der Waals surface area contributed by atoms with E-state index in [-0.39, 0.29) is 0 Å². The third-order valence-corrected chi connectivity index (χ3v) is 3.85. The van der Waals surface area contributed by atoms with Gasteiger partial charge >= 0.3 is 0 Å². The van der Waals surface area contributed by atoms with Crippen LogP contribution in [-0.4, -0.2) is 8.94 Å². The fraction of sp³-hybridized carbons (Fsp3) is 0.125. The number of hydrogen-bond acceptors (Lipinski definition) is 4. The summed E-state index contributed by atoms with van der Waals surface area (Å²) in [6.07, 6.45) is 0. The lowest BCUT2D eigenvalue weighted by molar-refractivity contribution is 0.971. The highest BCUT2D eigenvalue weighted by Crippen LogP contribution is 2.18. The van der Waals surface area contributed by atoms with Gasteiger partial charge in [-0.1, -0.05) is 35.4 Å². The molecule has 0 radical (unpaired) electrons. The zero-order valence-electron chi connectivity index (χ0n) is 11.9. The monoisotopic (exact) mass is 296 g/mol. The normalized spacial score (nSPS) is 10.6. The van der Waals surface area contributed by atoms with Gasteiger partial charge in [-0.05, 0) is 38.1 Å². The van der Waals surface area contributed by atoms with Crippen LogP contribution in [0.15, 0.2) is 48.5 Å². The number of rotatable bonds is 3. The summed E-state index contributed by atoms with van der Waals surface area (Å²) in [7, 11) is 0. The van der Waals surface area contributed by atoms with E-state index >= 15 is 0 Å². The minimum atomic E-state index is 0.397. The lowest BCUT2D eigenvalue weighted by Crippen LogP contribution is -2.13. The van der Waals surface area contributed by atoms with Gasteiger partial charge in [0.25, 0.3) is 0 Å². The Kier molecular flexibility index (Phi) is 3.58. The van der Waals surface area contributed by atoms with Crippen LogP contribution in [0.4, 0.5) is 11.6 Å². The van der Waals surface area contributed by atoms with Gasteiger partial charge in [0.2, 0.25) is 10.7 Å². The number of hydrogen-bond donors (Lipinski definition) is 2. The molecule has 5 heteroatoms. The van der Waals surface area contributed by atoms with Gasteiger partial charge in [-0.25, -0.2) is 0 Å². The van der Waals surface area contributed by atoms with Crippen molar-refractivity contribution in [1.82, 2.24) is 8.94 Å². The zero-order valence-corrected chi connectivity index (χ0v) is 12.7. The minimum Gasteiger partial charge on any atom is -0.325 e. The lowest BCUT2D eigenvalue weighted by atomic mass is 10.2. The van der Waals surface area contributed by atoms with Crippen LogP contribution in [-0.2, 0) is 0 Å². The Morgan fingerprint density at radius 1 is 0.952 bits per heavy atom. The molecule has 0 spiro atoms. The molecule has 1 heterocycles. The van der Waals surface area contributed by atoms with E-state index in [4.69, 9.17) is 5.41 Å². The molecule has 1 aromatic heterocycles. The molecule has 3 rings (SSSR count). The Bertz CT molecular complexity index is 798. The molecule has 21 heavy (non-hydrogen) atoms. The fourth-order valence-corrected chi connectivity index (χ4v) is 2.62.